The van der Waals surface area contributed by atoms with Crippen LogP contribution in [0.15, 0.2) is 12.5 Å². The largest absolute Gasteiger partial charge is 0.480 e. The fourth-order valence-corrected chi connectivity index (χ4v) is 1.34. The van der Waals surface area contributed by atoms with Gasteiger partial charge in [-0.1, -0.05) is 0 Å². The summed E-state index contributed by atoms with van der Waals surface area (Å²) in [7, 11) is 3.48. The lowest BCUT2D eigenvalue weighted by Gasteiger charge is -2.15. The minimum Gasteiger partial charge on any atom is -0.480 e. The first-order valence-electron chi connectivity index (χ1n) is 5.13. The third-order valence-electron chi connectivity index (χ3n) is 2.07. The molecule has 7 heteroatoms. The number of aliphatic carboxylic acids is 1. The number of carbonyl (C=O) groups excluding carboxylic acids is 1. The molecule has 1 atom stereocenters. The quantitative estimate of drug-likeness (QED) is 0.597. The summed E-state index contributed by atoms with van der Waals surface area (Å²) in [4.78, 5) is 30.7. The van der Waals surface area contributed by atoms with Crippen LogP contribution >= 0.6 is 0 Å². The molecule has 94 valence electrons. The molecule has 0 radical (unpaired) electrons. The van der Waals surface area contributed by atoms with E-state index in [9.17, 15) is 9.59 Å². The van der Waals surface area contributed by atoms with E-state index >= 15 is 0 Å². The molecule has 1 amide bonds. The van der Waals surface area contributed by atoms with Crippen molar-refractivity contribution in [3.63, 3.8) is 0 Å². The molecule has 0 aliphatic heterocycles. The van der Waals surface area contributed by atoms with Crippen LogP contribution in [-0.4, -0.2) is 58.5 Å². The molecule has 1 heterocycles. The van der Waals surface area contributed by atoms with Gasteiger partial charge in [-0.3, -0.25) is 4.79 Å². The zero-order valence-corrected chi connectivity index (χ0v) is 9.80. The number of H-pyrrole nitrogens is 1. The molecule has 7 nitrogen and oxygen atoms in total. The summed E-state index contributed by atoms with van der Waals surface area (Å²) in [5.74, 6) is -1.38. The maximum Gasteiger partial charge on any atom is 0.326 e. The molecule has 1 aromatic rings. The molecule has 1 unspecified atom stereocenters. The maximum atomic E-state index is 11.5. The lowest BCUT2D eigenvalue weighted by molar-refractivity contribution is -0.141. The average Bonchev–Trinajstić information content (AvgIpc) is 2.67. The smallest absolute Gasteiger partial charge is 0.326 e. The molecule has 1 aromatic heterocycles. The number of aromatic nitrogens is 2. The third-order valence-corrected chi connectivity index (χ3v) is 2.07. The number of rotatable bonds is 6. The first-order chi connectivity index (χ1) is 7.99. The molecule has 0 saturated heterocycles. The number of carbonyl (C=O) groups is 2. The van der Waals surface area contributed by atoms with Crippen LogP contribution in [0.4, 0.5) is 0 Å². The molecule has 1 rings (SSSR count). The zero-order chi connectivity index (χ0) is 12.8. The van der Waals surface area contributed by atoms with Gasteiger partial charge in [0.15, 0.2) is 0 Å². The molecule has 3 N–H and O–H groups in total. The fourth-order valence-electron chi connectivity index (χ4n) is 1.34. The number of carboxylic acid groups (broad SMARTS) is 1. The van der Waals surface area contributed by atoms with Crippen molar-refractivity contribution >= 4 is 11.9 Å². The van der Waals surface area contributed by atoms with Crippen LogP contribution in [0, 0.1) is 0 Å². The molecule has 0 aliphatic carbocycles. The lowest BCUT2D eigenvalue weighted by atomic mass is 10.1. The molecule has 0 aromatic carbocycles. The number of carboxylic acids is 1. The zero-order valence-electron chi connectivity index (χ0n) is 9.80. The highest BCUT2D eigenvalue weighted by Gasteiger charge is 2.20. The van der Waals surface area contributed by atoms with Crippen molar-refractivity contribution in [3.8, 4) is 0 Å². The van der Waals surface area contributed by atoms with Crippen molar-refractivity contribution in [2.75, 3.05) is 20.6 Å². The van der Waals surface area contributed by atoms with Crippen LogP contribution in [-0.2, 0) is 16.0 Å². The Kier molecular flexibility index (Phi) is 4.65. The van der Waals surface area contributed by atoms with Gasteiger partial charge in [0, 0.05) is 18.3 Å². The van der Waals surface area contributed by atoms with Gasteiger partial charge in [0.1, 0.15) is 6.04 Å². The van der Waals surface area contributed by atoms with E-state index < -0.39 is 12.0 Å². The third kappa shape index (κ3) is 4.64. The summed E-state index contributed by atoms with van der Waals surface area (Å²) in [6.45, 7) is 0.159. The highest BCUT2D eigenvalue weighted by molar-refractivity contribution is 5.84. The van der Waals surface area contributed by atoms with E-state index in [1.165, 1.54) is 12.5 Å². The van der Waals surface area contributed by atoms with Gasteiger partial charge in [0.25, 0.3) is 0 Å². The number of imidazole rings is 1. The van der Waals surface area contributed by atoms with Crippen LogP contribution in [0.1, 0.15) is 5.69 Å². The highest BCUT2D eigenvalue weighted by atomic mass is 16.4. The van der Waals surface area contributed by atoms with Gasteiger partial charge in [0.2, 0.25) is 5.91 Å². The van der Waals surface area contributed by atoms with Gasteiger partial charge in [0.05, 0.1) is 12.9 Å². The molecule has 17 heavy (non-hydrogen) atoms. The van der Waals surface area contributed by atoms with Gasteiger partial charge in [-0.15, -0.1) is 0 Å². The monoisotopic (exact) mass is 240 g/mol. The van der Waals surface area contributed by atoms with Crippen molar-refractivity contribution in [2.45, 2.75) is 12.5 Å². The van der Waals surface area contributed by atoms with E-state index in [0.717, 1.165) is 0 Å². The van der Waals surface area contributed by atoms with Gasteiger partial charge in [-0.05, 0) is 14.1 Å². The summed E-state index contributed by atoms with van der Waals surface area (Å²) in [6, 6.07) is -0.942. The number of hydrogen-bond acceptors (Lipinski definition) is 4. The van der Waals surface area contributed by atoms with Crippen molar-refractivity contribution in [1.29, 1.82) is 0 Å². The Bertz CT molecular complexity index is 375. The number of nitrogens with zero attached hydrogens (tertiary/aromatic N) is 2. The second-order valence-electron chi connectivity index (χ2n) is 3.98. The predicted molar refractivity (Wildman–Crippen MR) is 60.4 cm³/mol. The van der Waals surface area contributed by atoms with E-state index in [4.69, 9.17) is 5.11 Å². The SMILES string of the molecule is CN(C)CC(=O)NC(Cc1cnc[nH]1)C(=O)O. The van der Waals surface area contributed by atoms with Crippen molar-refractivity contribution in [3.05, 3.63) is 18.2 Å². The Morgan fingerprint density at radius 2 is 2.29 bits per heavy atom. The molecule has 0 saturated carbocycles. The first kappa shape index (κ1) is 13.2. The van der Waals surface area contributed by atoms with Crippen LogP contribution in [0.25, 0.3) is 0 Å². The van der Waals surface area contributed by atoms with E-state index in [1.807, 2.05) is 0 Å². The van der Waals surface area contributed by atoms with E-state index in [1.54, 1.807) is 19.0 Å². The molecule has 0 bridgehead atoms. The normalized spacial score (nSPS) is 12.4. The Balaban J connectivity index is 2.55. The number of likely N-dealkylation sites (N-methyl/N-ethyl adjacent to an activating group) is 1. The van der Waals surface area contributed by atoms with E-state index in [0.29, 0.717) is 5.69 Å². The van der Waals surface area contributed by atoms with E-state index in [-0.39, 0.29) is 18.9 Å². The molecule has 0 aliphatic rings. The van der Waals surface area contributed by atoms with Crippen LogP contribution < -0.4 is 5.32 Å². The maximum absolute atomic E-state index is 11.5. The average molecular weight is 240 g/mol. The first-order valence-corrected chi connectivity index (χ1v) is 5.13. The summed E-state index contributed by atoms with van der Waals surface area (Å²) >= 11 is 0. The summed E-state index contributed by atoms with van der Waals surface area (Å²) in [5.41, 5.74) is 0.669. The number of amides is 1. The van der Waals surface area contributed by atoms with Gasteiger partial charge in [-0.25, -0.2) is 9.78 Å². The minimum absolute atomic E-state index is 0.159. The molecular weight excluding hydrogens is 224 g/mol. The summed E-state index contributed by atoms with van der Waals surface area (Å²) in [6.07, 6.45) is 3.19. The van der Waals surface area contributed by atoms with Crippen molar-refractivity contribution in [1.82, 2.24) is 20.2 Å². The van der Waals surface area contributed by atoms with Gasteiger partial charge in [-0.2, -0.15) is 0 Å². The standard InChI is InChI=1S/C10H16N4O3/c1-14(2)5-9(15)13-8(10(16)17)3-7-4-11-6-12-7/h4,6,8H,3,5H2,1-2H3,(H,11,12)(H,13,15)(H,16,17). The Hall–Kier alpha value is -1.89. The summed E-state index contributed by atoms with van der Waals surface area (Å²) < 4.78 is 0. The second-order valence-corrected chi connectivity index (χ2v) is 3.98. The predicted octanol–water partition coefficient (Wildman–Crippen LogP) is -0.917. The second kappa shape index (κ2) is 6.00. The number of nitrogens with one attached hydrogen (secondary N) is 2. The molecular formula is C10H16N4O3. The van der Waals surface area contributed by atoms with Gasteiger partial charge < -0.3 is 20.3 Å². The highest BCUT2D eigenvalue weighted by Crippen LogP contribution is 1.98. The Morgan fingerprint density at radius 1 is 1.59 bits per heavy atom. The molecule has 0 spiro atoms. The number of aromatic amines is 1. The Morgan fingerprint density at radius 3 is 2.76 bits per heavy atom. The number of hydrogen-bond donors (Lipinski definition) is 3. The minimum atomic E-state index is -1.06. The Labute approximate surface area is 98.8 Å². The van der Waals surface area contributed by atoms with Crippen LogP contribution in [0.3, 0.4) is 0 Å². The van der Waals surface area contributed by atoms with Gasteiger partial charge >= 0.3 is 5.97 Å². The lowest BCUT2D eigenvalue weighted by Crippen LogP contribution is -2.45. The molecule has 0 fully saturated rings. The summed E-state index contributed by atoms with van der Waals surface area (Å²) in [5, 5.41) is 11.5. The van der Waals surface area contributed by atoms with Crippen molar-refractivity contribution < 1.29 is 14.7 Å². The van der Waals surface area contributed by atoms with E-state index in [2.05, 4.69) is 15.3 Å². The van der Waals surface area contributed by atoms with Crippen LogP contribution in [0.5, 0.6) is 0 Å². The van der Waals surface area contributed by atoms with Crippen LogP contribution in [0.2, 0.25) is 0 Å². The fraction of sp³-hybridized carbons (Fsp3) is 0.500. The topological polar surface area (TPSA) is 98.3 Å². The van der Waals surface area contributed by atoms with Crippen molar-refractivity contribution in [2.24, 2.45) is 0 Å².